The number of aromatic hydroxyl groups is 1. The van der Waals surface area contributed by atoms with Gasteiger partial charge in [0, 0.05) is 18.1 Å². The van der Waals surface area contributed by atoms with E-state index in [4.69, 9.17) is 4.42 Å². The number of fused-ring (bicyclic) bond motifs is 1. The van der Waals surface area contributed by atoms with Gasteiger partial charge in [0.25, 0.3) is 5.95 Å². The van der Waals surface area contributed by atoms with Gasteiger partial charge in [0.2, 0.25) is 0 Å². The predicted molar refractivity (Wildman–Crippen MR) is 65.2 cm³/mol. The van der Waals surface area contributed by atoms with Gasteiger partial charge in [-0.3, -0.25) is 4.99 Å². The second-order valence-electron chi connectivity index (χ2n) is 3.70. The van der Waals surface area contributed by atoms with E-state index in [2.05, 4.69) is 11.9 Å². The highest BCUT2D eigenvalue weighted by Gasteiger charge is 2.17. The van der Waals surface area contributed by atoms with Crippen molar-refractivity contribution in [1.29, 1.82) is 0 Å². The molecule has 0 atom stereocenters. The zero-order valence-electron chi connectivity index (χ0n) is 9.53. The monoisotopic (exact) mass is 217 g/mol. The van der Waals surface area contributed by atoms with E-state index in [1.165, 1.54) is 0 Å². The normalized spacial score (nSPS) is 12.2. The number of benzene rings is 1. The van der Waals surface area contributed by atoms with Gasteiger partial charge in [0.15, 0.2) is 0 Å². The molecule has 1 heterocycles. The van der Waals surface area contributed by atoms with Gasteiger partial charge < -0.3 is 9.52 Å². The minimum Gasteiger partial charge on any atom is -0.480 e. The van der Waals surface area contributed by atoms with Crippen molar-refractivity contribution in [2.24, 2.45) is 4.99 Å². The Morgan fingerprint density at radius 3 is 2.81 bits per heavy atom. The molecule has 3 heteroatoms. The Hall–Kier alpha value is -1.77. The van der Waals surface area contributed by atoms with E-state index >= 15 is 0 Å². The van der Waals surface area contributed by atoms with Gasteiger partial charge in [-0.25, -0.2) is 0 Å². The molecule has 0 unspecified atom stereocenters. The lowest BCUT2D eigenvalue weighted by Gasteiger charge is -2.01. The van der Waals surface area contributed by atoms with Crippen LogP contribution in [0.1, 0.15) is 25.3 Å². The van der Waals surface area contributed by atoms with Crippen molar-refractivity contribution in [1.82, 2.24) is 0 Å². The molecule has 0 spiro atoms. The minimum absolute atomic E-state index is 0.0322. The van der Waals surface area contributed by atoms with E-state index in [1.807, 2.05) is 24.3 Å². The lowest BCUT2D eigenvalue weighted by molar-refractivity contribution is 0.345. The van der Waals surface area contributed by atoms with Gasteiger partial charge in [0.05, 0.1) is 5.56 Å². The summed E-state index contributed by atoms with van der Waals surface area (Å²) in [6, 6.07) is 7.60. The molecular formula is C13H15NO2. The Morgan fingerprint density at radius 1 is 1.38 bits per heavy atom. The van der Waals surface area contributed by atoms with Crippen LogP contribution in [-0.4, -0.2) is 17.9 Å². The van der Waals surface area contributed by atoms with Gasteiger partial charge in [-0.15, -0.1) is 0 Å². The zero-order chi connectivity index (χ0) is 11.5. The van der Waals surface area contributed by atoms with Crippen molar-refractivity contribution >= 4 is 16.7 Å². The van der Waals surface area contributed by atoms with E-state index in [-0.39, 0.29) is 5.95 Å². The Morgan fingerprint density at radius 2 is 2.12 bits per heavy atom. The van der Waals surface area contributed by atoms with E-state index in [0.29, 0.717) is 5.58 Å². The molecule has 1 N–H and O–H groups in total. The maximum atomic E-state index is 9.82. The van der Waals surface area contributed by atoms with Crippen molar-refractivity contribution in [3.05, 3.63) is 29.8 Å². The Bertz CT molecular complexity index is 526. The maximum Gasteiger partial charge on any atom is 0.292 e. The first-order chi connectivity index (χ1) is 7.77. The molecule has 0 amide bonds. The number of hydrogen-bond acceptors (Lipinski definition) is 3. The van der Waals surface area contributed by atoms with E-state index in [1.54, 1.807) is 7.05 Å². The van der Waals surface area contributed by atoms with Crippen LogP contribution in [0, 0.1) is 0 Å². The molecule has 1 aromatic heterocycles. The summed E-state index contributed by atoms with van der Waals surface area (Å²) in [6.45, 7) is 2.09. The second-order valence-corrected chi connectivity index (χ2v) is 3.70. The minimum atomic E-state index is -0.0322. The van der Waals surface area contributed by atoms with Crippen molar-refractivity contribution in [2.45, 2.75) is 19.8 Å². The van der Waals surface area contributed by atoms with Crippen molar-refractivity contribution in [3.8, 4) is 5.95 Å². The molecule has 16 heavy (non-hydrogen) atoms. The molecule has 0 fully saturated rings. The van der Waals surface area contributed by atoms with E-state index < -0.39 is 0 Å². The molecule has 0 bridgehead atoms. The molecule has 2 aromatic rings. The molecule has 0 saturated carbocycles. The van der Waals surface area contributed by atoms with Crippen LogP contribution in [0.3, 0.4) is 0 Å². The van der Waals surface area contributed by atoms with Crippen molar-refractivity contribution in [3.63, 3.8) is 0 Å². The molecule has 84 valence electrons. The third-order valence-electron chi connectivity index (χ3n) is 2.62. The van der Waals surface area contributed by atoms with Gasteiger partial charge >= 0.3 is 0 Å². The first-order valence-corrected chi connectivity index (χ1v) is 5.44. The fraction of sp³-hybridized carbons (Fsp3) is 0.308. The highest BCUT2D eigenvalue weighted by molar-refractivity contribution is 6.12. The summed E-state index contributed by atoms with van der Waals surface area (Å²) in [5, 5.41) is 10.7. The average Bonchev–Trinajstić information content (AvgIpc) is 2.62. The summed E-state index contributed by atoms with van der Waals surface area (Å²) in [4.78, 5) is 4.23. The van der Waals surface area contributed by atoms with Crippen LogP contribution >= 0.6 is 0 Å². The van der Waals surface area contributed by atoms with Crippen LogP contribution in [0.4, 0.5) is 0 Å². The first-order valence-electron chi connectivity index (χ1n) is 5.44. The molecule has 0 saturated heterocycles. The van der Waals surface area contributed by atoms with Gasteiger partial charge in [0.1, 0.15) is 5.58 Å². The topological polar surface area (TPSA) is 45.7 Å². The van der Waals surface area contributed by atoms with Gasteiger partial charge in [-0.05, 0) is 12.5 Å². The first kappa shape index (κ1) is 10.7. The zero-order valence-corrected chi connectivity index (χ0v) is 9.53. The molecule has 3 nitrogen and oxygen atoms in total. The van der Waals surface area contributed by atoms with Crippen LogP contribution in [0.2, 0.25) is 0 Å². The lowest BCUT2D eigenvalue weighted by Crippen LogP contribution is -1.99. The molecule has 1 aromatic carbocycles. The van der Waals surface area contributed by atoms with Crippen LogP contribution in [-0.2, 0) is 0 Å². The number of hydrogen-bond donors (Lipinski definition) is 1. The quantitative estimate of drug-likeness (QED) is 0.801. The largest absolute Gasteiger partial charge is 0.480 e. The summed E-state index contributed by atoms with van der Waals surface area (Å²) in [5.74, 6) is -0.0322. The molecule has 0 aliphatic rings. The average molecular weight is 217 g/mol. The van der Waals surface area contributed by atoms with E-state index in [0.717, 1.165) is 29.5 Å². The summed E-state index contributed by atoms with van der Waals surface area (Å²) in [5.41, 5.74) is 2.33. The highest BCUT2D eigenvalue weighted by atomic mass is 16.5. The summed E-state index contributed by atoms with van der Waals surface area (Å²) in [6.07, 6.45) is 1.83. The third-order valence-corrected chi connectivity index (χ3v) is 2.62. The molecule has 0 radical (unpaired) electrons. The number of furan rings is 1. The second kappa shape index (κ2) is 4.39. The number of nitrogens with zero attached hydrogens (tertiary/aromatic N) is 1. The fourth-order valence-electron chi connectivity index (χ4n) is 1.90. The summed E-state index contributed by atoms with van der Waals surface area (Å²) in [7, 11) is 1.74. The van der Waals surface area contributed by atoms with E-state index in [9.17, 15) is 5.11 Å². The third kappa shape index (κ3) is 1.69. The Labute approximate surface area is 94.4 Å². The van der Waals surface area contributed by atoms with Gasteiger partial charge in [-0.1, -0.05) is 31.5 Å². The smallest absolute Gasteiger partial charge is 0.292 e. The SMILES string of the molecule is CCCC(=NC)c1c(O)oc2ccccc12. The number of aliphatic imine (C=N–C) groups is 1. The maximum absolute atomic E-state index is 9.82. The van der Waals surface area contributed by atoms with Crippen LogP contribution in [0.5, 0.6) is 5.95 Å². The number of rotatable bonds is 3. The van der Waals surface area contributed by atoms with Crippen molar-refractivity contribution in [2.75, 3.05) is 7.05 Å². The fourth-order valence-corrected chi connectivity index (χ4v) is 1.90. The summed E-state index contributed by atoms with van der Waals surface area (Å²) < 4.78 is 5.30. The predicted octanol–water partition coefficient (Wildman–Crippen LogP) is 3.36. The molecule has 0 aliphatic carbocycles. The lowest BCUT2D eigenvalue weighted by atomic mass is 10.0. The van der Waals surface area contributed by atoms with Crippen LogP contribution in [0.25, 0.3) is 11.0 Å². The van der Waals surface area contributed by atoms with Crippen LogP contribution < -0.4 is 0 Å². The Balaban J connectivity index is 2.62. The highest BCUT2D eigenvalue weighted by Crippen LogP contribution is 2.32. The van der Waals surface area contributed by atoms with Gasteiger partial charge in [-0.2, -0.15) is 0 Å². The summed E-state index contributed by atoms with van der Waals surface area (Å²) >= 11 is 0. The standard InChI is InChI=1S/C13H15NO2/c1-3-6-10(14-2)12-9-7-4-5-8-11(9)16-13(12)15/h4-5,7-8,15H,3,6H2,1-2H3. The molecule has 2 rings (SSSR count). The molecular weight excluding hydrogens is 202 g/mol. The Kier molecular flexibility index (Phi) is 2.95. The van der Waals surface area contributed by atoms with Crippen LogP contribution in [0.15, 0.2) is 33.7 Å². The molecule has 0 aliphatic heterocycles. The number of para-hydroxylation sites is 1. The van der Waals surface area contributed by atoms with Crippen molar-refractivity contribution < 1.29 is 9.52 Å².